The highest BCUT2D eigenvalue weighted by Crippen LogP contribution is 2.36. The van der Waals surface area contributed by atoms with Crippen LogP contribution in [0.25, 0.3) is 0 Å². The van der Waals surface area contributed by atoms with Crippen molar-refractivity contribution < 1.29 is 13.6 Å². The van der Waals surface area contributed by atoms with E-state index in [4.69, 9.17) is 11.6 Å². The second kappa shape index (κ2) is 7.34. The van der Waals surface area contributed by atoms with E-state index in [2.05, 4.69) is 5.10 Å². The number of nitrogens with zero attached hydrogens (tertiary/aromatic N) is 2. The van der Waals surface area contributed by atoms with Crippen LogP contribution in [0.15, 0.2) is 12.3 Å². The summed E-state index contributed by atoms with van der Waals surface area (Å²) in [7, 11) is 0. The van der Waals surface area contributed by atoms with Gasteiger partial charge >= 0.3 is 0 Å². The van der Waals surface area contributed by atoms with Gasteiger partial charge in [0.25, 0.3) is 0 Å². The van der Waals surface area contributed by atoms with Crippen molar-refractivity contribution in [2.45, 2.75) is 52.0 Å². The molecule has 0 spiro atoms. The molecular weight excluding hydrogens is 370 g/mol. The monoisotopic (exact) mass is 392 g/mol. The second-order valence-electron chi connectivity index (χ2n) is 7.75. The van der Waals surface area contributed by atoms with E-state index >= 15 is 0 Å². The van der Waals surface area contributed by atoms with Crippen LogP contribution in [0.1, 0.15) is 40.8 Å². The van der Waals surface area contributed by atoms with E-state index in [9.17, 15) is 13.6 Å². The van der Waals surface area contributed by atoms with Crippen molar-refractivity contribution in [2.75, 3.05) is 5.88 Å². The van der Waals surface area contributed by atoms with Crippen molar-refractivity contribution in [2.24, 2.45) is 11.8 Å². The Morgan fingerprint density at radius 3 is 2.89 bits per heavy atom. The molecule has 6 heteroatoms. The number of benzene rings is 1. The Balaban J connectivity index is 1.68. The number of rotatable bonds is 5. The Morgan fingerprint density at radius 1 is 1.33 bits per heavy atom. The van der Waals surface area contributed by atoms with E-state index in [1.807, 2.05) is 17.7 Å². The molecule has 2 atom stereocenters. The fraction of sp³-hybridized carbons (Fsp3) is 0.524. The molecule has 1 aliphatic carbocycles. The summed E-state index contributed by atoms with van der Waals surface area (Å²) in [6.07, 6.45) is 5.70. The number of fused-ring (bicyclic) bond motifs is 2. The number of ketones is 1. The van der Waals surface area contributed by atoms with Crippen LogP contribution in [0.2, 0.25) is 0 Å². The van der Waals surface area contributed by atoms with Gasteiger partial charge in [-0.25, -0.2) is 8.78 Å². The molecule has 1 aromatic heterocycles. The second-order valence-corrected chi connectivity index (χ2v) is 8.02. The Labute approximate surface area is 162 Å². The van der Waals surface area contributed by atoms with E-state index < -0.39 is 17.6 Å². The molecule has 2 aromatic rings. The molecule has 0 fully saturated rings. The molecule has 0 bridgehead atoms. The van der Waals surface area contributed by atoms with Crippen LogP contribution in [0.5, 0.6) is 0 Å². The van der Waals surface area contributed by atoms with Gasteiger partial charge in [0.15, 0.2) is 17.4 Å². The summed E-state index contributed by atoms with van der Waals surface area (Å²) in [5.41, 5.74) is 3.71. The summed E-state index contributed by atoms with van der Waals surface area (Å²) < 4.78 is 31.4. The third-order valence-electron chi connectivity index (χ3n) is 6.37. The molecule has 2 unspecified atom stereocenters. The Morgan fingerprint density at radius 2 is 2.11 bits per heavy atom. The van der Waals surface area contributed by atoms with E-state index in [0.717, 1.165) is 42.6 Å². The molecule has 1 aromatic carbocycles. The highest BCUT2D eigenvalue weighted by Gasteiger charge is 2.34. The lowest BCUT2D eigenvalue weighted by Crippen LogP contribution is -2.33. The quantitative estimate of drug-likeness (QED) is 0.715. The topological polar surface area (TPSA) is 34.9 Å². The van der Waals surface area contributed by atoms with Gasteiger partial charge in [0.05, 0.1) is 5.88 Å². The van der Waals surface area contributed by atoms with Gasteiger partial charge in [-0.1, -0.05) is 0 Å². The fourth-order valence-corrected chi connectivity index (χ4v) is 5.05. The van der Waals surface area contributed by atoms with Gasteiger partial charge in [-0.2, -0.15) is 5.10 Å². The molecule has 0 saturated carbocycles. The van der Waals surface area contributed by atoms with Gasteiger partial charge in [-0.05, 0) is 79.7 Å². The molecule has 27 heavy (non-hydrogen) atoms. The minimum Gasteiger partial charge on any atom is -0.298 e. The SMILES string of the molecule is Cc1c(CC(C(=O)CCl)C2CCn3nccc3C2)c(F)c(F)c2c1CCC2. The number of aromatic nitrogens is 2. The molecular formula is C21H23ClF2N2O. The first-order chi connectivity index (χ1) is 13.0. The minimum absolute atomic E-state index is 0.0653. The smallest absolute Gasteiger partial charge is 0.162 e. The Hall–Kier alpha value is -1.75. The Bertz CT molecular complexity index is 893. The van der Waals surface area contributed by atoms with Gasteiger partial charge in [0.1, 0.15) is 0 Å². The van der Waals surface area contributed by atoms with Crippen LogP contribution in [0, 0.1) is 30.4 Å². The van der Waals surface area contributed by atoms with E-state index in [0.29, 0.717) is 24.0 Å². The maximum Gasteiger partial charge on any atom is 0.162 e. The number of aryl methyl sites for hydroxylation is 1. The van der Waals surface area contributed by atoms with Crippen LogP contribution < -0.4 is 0 Å². The van der Waals surface area contributed by atoms with Crippen LogP contribution in [-0.4, -0.2) is 21.4 Å². The molecule has 0 N–H and O–H groups in total. The molecule has 144 valence electrons. The third kappa shape index (κ3) is 3.20. The predicted molar refractivity (Wildman–Crippen MR) is 100 cm³/mol. The third-order valence-corrected chi connectivity index (χ3v) is 6.64. The zero-order valence-corrected chi connectivity index (χ0v) is 16.2. The first kappa shape index (κ1) is 18.6. The van der Waals surface area contributed by atoms with E-state index in [1.165, 1.54) is 0 Å². The van der Waals surface area contributed by atoms with Crippen molar-refractivity contribution in [3.05, 3.63) is 51.8 Å². The number of hydrogen-bond acceptors (Lipinski definition) is 2. The molecule has 0 radical (unpaired) electrons. The van der Waals surface area contributed by atoms with Crippen molar-refractivity contribution in [1.29, 1.82) is 0 Å². The molecule has 0 saturated heterocycles. The van der Waals surface area contributed by atoms with E-state index in [-0.39, 0.29) is 24.0 Å². The summed E-state index contributed by atoms with van der Waals surface area (Å²) in [6, 6.07) is 1.95. The van der Waals surface area contributed by atoms with Crippen LogP contribution in [0.3, 0.4) is 0 Å². The lowest BCUT2D eigenvalue weighted by atomic mass is 9.77. The number of carbonyl (C=O) groups is 1. The highest BCUT2D eigenvalue weighted by molar-refractivity contribution is 6.27. The number of Topliss-reactive ketones (excluding diaryl/α,β-unsaturated/α-hetero) is 1. The number of carbonyl (C=O) groups excluding carboxylic acids is 1. The highest BCUT2D eigenvalue weighted by atomic mass is 35.5. The number of alkyl halides is 1. The first-order valence-corrected chi connectivity index (χ1v) is 10.1. The number of halogens is 3. The summed E-state index contributed by atoms with van der Waals surface area (Å²) in [6.45, 7) is 2.60. The standard InChI is InChI=1S/C21H23ClF2N2O/c1-12-15-3-2-4-16(15)20(23)21(24)17(12)10-18(19(27)11-22)13-6-8-26-14(9-13)5-7-25-26/h5,7,13,18H,2-4,6,8-11H2,1H3. The molecule has 4 rings (SSSR count). The van der Waals surface area contributed by atoms with Crippen LogP contribution in [0.4, 0.5) is 8.78 Å². The van der Waals surface area contributed by atoms with Crippen molar-refractivity contribution >= 4 is 17.4 Å². The summed E-state index contributed by atoms with van der Waals surface area (Å²) >= 11 is 5.88. The molecule has 2 heterocycles. The Kier molecular flexibility index (Phi) is 5.06. The van der Waals surface area contributed by atoms with Crippen molar-refractivity contribution in [3.63, 3.8) is 0 Å². The zero-order chi connectivity index (χ0) is 19.1. The summed E-state index contributed by atoms with van der Waals surface area (Å²) in [5.74, 6) is -2.03. The lowest BCUT2D eigenvalue weighted by Gasteiger charge is -2.30. The minimum atomic E-state index is -0.777. The molecule has 3 nitrogen and oxygen atoms in total. The maximum absolute atomic E-state index is 14.9. The van der Waals surface area contributed by atoms with Gasteiger partial charge in [-0.15, -0.1) is 11.6 Å². The molecule has 0 amide bonds. The normalized spacial score (nSPS) is 19.6. The van der Waals surface area contributed by atoms with Gasteiger partial charge in [0, 0.05) is 24.4 Å². The zero-order valence-electron chi connectivity index (χ0n) is 15.4. The van der Waals surface area contributed by atoms with Crippen molar-refractivity contribution in [3.8, 4) is 0 Å². The fourth-order valence-electron chi connectivity index (χ4n) is 4.85. The van der Waals surface area contributed by atoms with Gasteiger partial charge in [-0.3, -0.25) is 9.48 Å². The molecule has 2 aliphatic rings. The predicted octanol–water partition coefficient (Wildman–Crippen LogP) is 4.19. The maximum atomic E-state index is 14.9. The largest absolute Gasteiger partial charge is 0.298 e. The molecule has 1 aliphatic heterocycles. The van der Waals surface area contributed by atoms with Gasteiger partial charge < -0.3 is 0 Å². The summed E-state index contributed by atoms with van der Waals surface area (Å²) in [4.78, 5) is 12.6. The van der Waals surface area contributed by atoms with Crippen LogP contribution >= 0.6 is 11.6 Å². The number of hydrogen-bond donors (Lipinski definition) is 0. The lowest BCUT2D eigenvalue weighted by molar-refractivity contribution is -0.122. The van der Waals surface area contributed by atoms with Crippen molar-refractivity contribution in [1.82, 2.24) is 9.78 Å². The van der Waals surface area contributed by atoms with E-state index in [1.54, 1.807) is 6.20 Å². The van der Waals surface area contributed by atoms with Crippen LogP contribution in [-0.2, 0) is 37.0 Å². The average molecular weight is 393 g/mol. The first-order valence-electron chi connectivity index (χ1n) is 9.58. The van der Waals surface area contributed by atoms with Gasteiger partial charge in [0.2, 0.25) is 0 Å². The summed E-state index contributed by atoms with van der Waals surface area (Å²) in [5, 5.41) is 4.27. The average Bonchev–Trinajstić information content (AvgIpc) is 3.34.